The molecule has 0 radical (unpaired) electrons. The van der Waals surface area contributed by atoms with E-state index in [1.807, 2.05) is 42.6 Å². The predicted octanol–water partition coefficient (Wildman–Crippen LogP) is 3.63. The summed E-state index contributed by atoms with van der Waals surface area (Å²) < 4.78 is 0. The minimum Gasteiger partial charge on any atom is -0.298 e. The predicted molar refractivity (Wildman–Crippen MR) is 79.0 cm³/mol. The highest BCUT2D eigenvalue weighted by atomic mass is 16.7. The van der Waals surface area contributed by atoms with Crippen molar-refractivity contribution in [1.29, 1.82) is 0 Å². The summed E-state index contributed by atoms with van der Waals surface area (Å²) in [6.45, 7) is 0. The highest BCUT2D eigenvalue weighted by molar-refractivity contribution is 5.26. The van der Waals surface area contributed by atoms with Gasteiger partial charge in [0.05, 0.1) is 17.8 Å². The van der Waals surface area contributed by atoms with Crippen LogP contribution < -0.4 is 5.48 Å². The van der Waals surface area contributed by atoms with Crippen LogP contribution in [0.25, 0.3) is 0 Å². The molecule has 3 rings (SSSR count). The fraction of sp³-hybridized carbons (Fsp3) is 0.353. The van der Waals surface area contributed by atoms with Crippen molar-refractivity contribution in [1.82, 2.24) is 10.5 Å². The summed E-state index contributed by atoms with van der Waals surface area (Å²) >= 11 is 0. The Morgan fingerprint density at radius 3 is 2.45 bits per heavy atom. The van der Waals surface area contributed by atoms with Crippen LogP contribution in [0.15, 0.2) is 54.7 Å². The topological polar surface area (TPSA) is 34.1 Å². The number of rotatable bonds is 5. The van der Waals surface area contributed by atoms with Crippen LogP contribution in [-0.4, -0.2) is 11.1 Å². The van der Waals surface area contributed by atoms with E-state index < -0.39 is 0 Å². The van der Waals surface area contributed by atoms with Gasteiger partial charge in [0.1, 0.15) is 0 Å². The minimum absolute atomic E-state index is 0.0157. The maximum absolute atomic E-state index is 5.88. The van der Waals surface area contributed by atoms with Gasteiger partial charge in [0, 0.05) is 6.20 Å². The average Bonchev–Trinajstić information content (AvgIpc) is 3.03. The molecule has 2 aromatic rings. The summed E-state index contributed by atoms with van der Waals surface area (Å²) in [6, 6.07) is 16.3. The number of benzene rings is 1. The van der Waals surface area contributed by atoms with Crippen LogP contribution >= 0.6 is 0 Å². The van der Waals surface area contributed by atoms with E-state index in [1.54, 1.807) is 0 Å². The molecule has 1 aliphatic rings. The van der Waals surface area contributed by atoms with Crippen LogP contribution in [0.1, 0.15) is 43.0 Å². The Morgan fingerprint density at radius 1 is 1.00 bits per heavy atom. The molecule has 1 heterocycles. The first-order valence-electron chi connectivity index (χ1n) is 7.30. The van der Waals surface area contributed by atoms with Crippen molar-refractivity contribution in [3.8, 4) is 0 Å². The number of hydrogen-bond acceptors (Lipinski definition) is 3. The van der Waals surface area contributed by atoms with Gasteiger partial charge in [-0.15, -0.1) is 0 Å². The number of pyridine rings is 1. The van der Waals surface area contributed by atoms with Crippen LogP contribution in [0.4, 0.5) is 0 Å². The summed E-state index contributed by atoms with van der Waals surface area (Å²) in [6.07, 6.45) is 7.00. The molecule has 0 saturated heterocycles. The molecule has 1 N–H and O–H groups in total. The lowest BCUT2D eigenvalue weighted by atomic mass is 10.0. The molecule has 1 aromatic heterocycles. The molecule has 0 aliphatic heterocycles. The highest BCUT2D eigenvalue weighted by Gasteiger charge is 2.20. The van der Waals surface area contributed by atoms with Gasteiger partial charge in [0.25, 0.3) is 0 Å². The second-order valence-electron chi connectivity index (χ2n) is 5.24. The molecular weight excluding hydrogens is 248 g/mol. The summed E-state index contributed by atoms with van der Waals surface area (Å²) in [5.41, 5.74) is 5.39. The fourth-order valence-electron chi connectivity index (χ4n) is 2.66. The number of nitrogens with zero attached hydrogens (tertiary/aromatic N) is 1. The van der Waals surface area contributed by atoms with Gasteiger partial charge in [-0.05, 0) is 30.5 Å². The molecule has 0 spiro atoms. The van der Waals surface area contributed by atoms with E-state index in [2.05, 4.69) is 22.6 Å². The largest absolute Gasteiger partial charge is 0.298 e. The Labute approximate surface area is 120 Å². The molecule has 0 bridgehead atoms. The molecule has 1 unspecified atom stereocenters. The smallest absolute Gasteiger partial charge is 0.0992 e. The lowest BCUT2D eigenvalue weighted by molar-refractivity contribution is -0.0346. The highest BCUT2D eigenvalue weighted by Crippen LogP contribution is 2.24. The van der Waals surface area contributed by atoms with E-state index in [-0.39, 0.29) is 6.04 Å². The first-order valence-corrected chi connectivity index (χ1v) is 7.30. The number of hydrogen-bond donors (Lipinski definition) is 1. The maximum Gasteiger partial charge on any atom is 0.0992 e. The van der Waals surface area contributed by atoms with Crippen LogP contribution in [0.2, 0.25) is 0 Å². The fourth-order valence-corrected chi connectivity index (χ4v) is 2.66. The lowest BCUT2D eigenvalue weighted by Gasteiger charge is -2.21. The molecule has 1 atom stereocenters. The van der Waals surface area contributed by atoms with Crippen molar-refractivity contribution in [2.45, 2.75) is 37.8 Å². The summed E-state index contributed by atoms with van der Waals surface area (Å²) in [5, 5.41) is 0. The zero-order valence-corrected chi connectivity index (χ0v) is 11.5. The van der Waals surface area contributed by atoms with Gasteiger partial charge in [-0.2, -0.15) is 5.48 Å². The molecule has 104 valence electrons. The Bertz CT molecular complexity index is 470. The Hall–Kier alpha value is -1.71. The van der Waals surface area contributed by atoms with Crippen molar-refractivity contribution in [2.24, 2.45) is 0 Å². The second kappa shape index (κ2) is 6.64. The van der Waals surface area contributed by atoms with Crippen molar-refractivity contribution >= 4 is 0 Å². The molecule has 1 saturated carbocycles. The van der Waals surface area contributed by atoms with E-state index in [9.17, 15) is 0 Å². The maximum atomic E-state index is 5.88. The number of hydroxylamine groups is 1. The Balaban J connectivity index is 1.76. The van der Waals surface area contributed by atoms with Crippen LogP contribution in [0, 0.1) is 0 Å². The SMILES string of the molecule is c1ccc(C(NOC2CCCC2)c2ccccn2)cc1. The van der Waals surface area contributed by atoms with Gasteiger partial charge in [-0.3, -0.25) is 9.82 Å². The first-order chi connectivity index (χ1) is 9.93. The average molecular weight is 268 g/mol. The summed E-state index contributed by atoms with van der Waals surface area (Å²) in [5.74, 6) is 0. The third-order valence-corrected chi connectivity index (χ3v) is 3.77. The van der Waals surface area contributed by atoms with E-state index in [1.165, 1.54) is 18.4 Å². The van der Waals surface area contributed by atoms with Gasteiger partial charge in [-0.1, -0.05) is 49.2 Å². The van der Waals surface area contributed by atoms with Crippen molar-refractivity contribution in [2.75, 3.05) is 0 Å². The number of aromatic nitrogens is 1. The zero-order valence-electron chi connectivity index (χ0n) is 11.5. The van der Waals surface area contributed by atoms with Crippen LogP contribution in [0.5, 0.6) is 0 Å². The van der Waals surface area contributed by atoms with Gasteiger partial charge in [0.2, 0.25) is 0 Å². The van der Waals surface area contributed by atoms with Crippen molar-refractivity contribution in [3.63, 3.8) is 0 Å². The van der Waals surface area contributed by atoms with Crippen LogP contribution in [-0.2, 0) is 4.84 Å². The molecule has 1 aliphatic carbocycles. The second-order valence-corrected chi connectivity index (χ2v) is 5.24. The van der Waals surface area contributed by atoms with E-state index in [0.29, 0.717) is 6.10 Å². The lowest BCUT2D eigenvalue weighted by Crippen LogP contribution is -2.27. The number of nitrogens with one attached hydrogen (secondary N) is 1. The normalized spacial score (nSPS) is 17.2. The summed E-state index contributed by atoms with van der Waals surface area (Å²) in [7, 11) is 0. The molecular formula is C17H20N2O. The molecule has 1 aromatic carbocycles. The molecule has 1 fully saturated rings. The minimum atomic E-state index is -0.0157. The van der Waals surface area contributed by atoms with Crippen molar-refractivity contribution in [3.05, 3.63) is 66.0 Å². The van der Waals surface area contributed by atoms with Gasteiger partial charge in [-0.25, -0.2) is 0 Å². The molecule has 20 heavy (non-hydrogen) atoms. The first kappa shape index (κ1) is 13.3. The van der Waals surface area contributed by atoms with Gasteiger partial charge < -0.3 is 0 Å². The van der Waals surface area contributed by atoms with Crippen LogP contribution in [0.3, 0.4) is 0 Å². The third kappa shape index (κ3) is 3.24. The van der Waals surface area contributed by atoms with Gasteiger partial charge >= 0.3 is 0 Å². The third-order valence-electron chi connectivity index (χ3n) is 3.77. The molecule has 0 amide bonds. The molecule has 3 nitrogen and oxygen atoms in total. The zero-order chi connectivity index (χ0) is 13.6. The van der Waals surface area contributed by atoms with Crippen molar-refractivity contribution < 1.29 is 4.84 Å². The Kier molecular flexibility index (Phi) is 4.41. The standard InChI is InChI=1S/C17H20N2O/c1-2-8-14(9-3-1)17(16-12-6-7-13-18-16)19-20-15-10-4-5-11-15/h1-3,6-9,12-13,15,17,19H,4-5,10-11H2. The molecule has 3 heteroatoms. The Morgan fingerprint density at radius 2 is 1.75 bits per heavy atom. The monoisotopic (exact) mass is 268 g/mol. The quantitative estimate of drug-likeness (QED) is 0.841. The van der Waals surface area contributed by atoms with E-state index >= 15 is 0 Å². The van der Waals surface area contributed by atoms with E-state index in [4.69, 9.17) is 4.84 Å². The van der Waals surface area contributed by atoms with Gasteiger partial charge in [0.15, 0.2) is 0 Å². The van der Waals surface area contributed by atoms with E-state index in [0.717, 1.165) is 18.5 Å². The summed E-state index contributed by atoms with van der Waals surface area (Å²) in [4.78, 5) is 10.3.